The summed E-state index contributed by atoms with van der Waals surface area (Å²) in [6, 6.07) is 4.46. The Morgan fingerprint density at radius 3 is 2.27 bits per heavy atom. The summed E-state index contributed by atoms with van der Waals surface area (Å²) in [7, 11) is 0. The summed E-state index contributed by atoms with van der Waals surface area (Å²) in [5.41, 5.74) is -0.811. The van der Waals surface area contributed by atoms with Gasteiger partial charge in [-0.3, -0.25) is 9.59 Å². The summed E-state index contributed by atoms with van der Waals surface area (Å²) in [6.07, 6.45) is -4.48. The molecule has 8 heteroatoms. The van der Waals surface area contributed by atoms with Crippen LogP contribution in [0.4, 0.5) is 13.2 Å². The number of benzene rings is 1. The van der Waals surface area contributed by atoms with Gasteiger partial charge in [-0.15, -0.1) is 0 Å². The third-order valence-electron chi connectivity index (χ3n) is 5.23. The van der Waals surface area contributed by atoms with Crippen LogP contribution in [0.25, 0.3) is 0 Å². The highest BCUT2D eigenvalue weighted by molar-refractivity contribution is 5.94. The van der Waals surface area contributed by atoms with Crippen molar-refractivity contribution in [1.29, 1.82) is 0 Å². The lowest BCUT2D eigenvalue weighted by Gasteiger charge is -2.39. The van der Waals surface area contributed by atoms with Gasteiger partial charge in [0, 0.05) is 37.7 Å². The molecule has 1 N–H and O–H groups in total. The molecule has 3 rings (SSSR count). The predicted molar refractivity (Wildman–Crippen MR) is 89.5 cm³/mol. The standard InChI is InChI=1S/C18H22F3N3O2/c1-12(14-10-22-11-14)16(25)23-5-7-24(8-6-23)17(26)13-3-2-4-15(9-13)18(19,20)21/h2-4,9,12,14,22H,5-8,10-11H2,1H3. The molecular formula is C18H22F3N3O2. The number of carbonyl (C=O) groups is 2. The number of hydrogen-bond acceptors (Lipinski definition) is 3. The fraction of sp³-hybridized carbons (Fsp3) is 0.556. The zero-order chi connectivity index (χ0) is 18.9. The third kappa shape index (κ3) is 3.85. The van der Waals surface area contributed by atoms with E-state index in [-0.39, 0.29) is 17.4 Å². The lowest BCUT2D eigenvalue weighted by atomic mass is 9.88. The molecular weight excluding hydrogens is 347 g/mol. The lowest BCUT2D eigenvalue weighted by molar-refractivity contribution is -0.139. The lowest BCUT2D eigenvalue weighted by Crippen LogP contribution is -2.55. The summed E-state index contributed by atoms with van der Waals surface area (Å²) < 4.78 is 38.4. The SMILES string of the molecule is CC(C(=O)N1CCN(C(=O)c2cccc(C(F)(F)F)c2)CC1)C1CNC1. The Hall–Kier alpha value is -2.09. The van der Waals surface area contributed by atoms with E-state index in [4.69, 9.17) is 0 Å². The van der Waals surface area contributed by atoms with Crippen molar-refractivity contribution in [3.63, 3.8) is 0 Å². The van der Waals surface area contributed by atoms with E-state index in [1.807, 2.05) is 6.92 Å². The molecule has 2 saturated heterocycles. The van der Waals surface area contributed by atoms with Crippen LogP contribution in [-0.4, -0.2) is 60.9 Å². The molecule has 142 valence electrons. The first-order chi connectivity index (χ1) is 12.3. The molecule has 2 amide bonds. The van der Waals surface area contributed by atoms with Crippen LogP contribution in [0.1, 0.15) is 22.8 Å². The molecule has 2 fully saturated rings. The van der Waals surface area contributed by atoms with Crippen LogP contribution in [0.2, 0.25) is 0 Å². The Morgan fingerprint density at radius 1 is 1.12 bits per heavy atom. The summed E-state index contributed by atoms with van der Waals surface area (Å²) in [5.74, 6) is -0.0450. The minimum Gasteiger partial charge on any atom is -0.339 e. The highest BCUT2D eigenvalue weighted by atomic mass is 19.4. The van der Waals surface area contributed by atoms with Crippen LogP contribution in [0.3, 0.4) is 0 Å². The molecule has 1 unspecified atom stereocenters. The highest BCUT2D eigenvalue weighted by Gasteiger charge is 2.34. The second-order valence-corrected chi connectivity index (χ2v) is 6.90. The van der Waals surface area contributed by atoms with E-state index in [0.29, 0.717) is 32.1 Å². The van der Waals surface area contributed by atoms with Crippen molar-refractivity contribution >= 4 is 11.8 Å². The highest BCUT2D eigenvalue weighted by Crippen LogP contribution is 2.30. The third-order valence-corrected chi connectivity index (χ3v) is 5.23. The molecule has 5 nitrogen and oxygen atoms in total. The number of nitrogens with one attached hydrogen (secondary N) is 1. The van der Waals surface area contributed by atoms with Gasteiger partial charge in [0.05, 0.1) is 5.56 Å². The van der Waals surface area contributed by atoms with E-state index in [2.05, 4.69) is 5.32 Å². The van der Waals surface area contributed by atoms with Crippen LogP contribution in [0.15, 0.2) is 24.3 Å². The van der Waals surface area contributed by atoms with Crippen molar-refractivity contribution in [2.24, 2.45) is 11.8 Å². The average Bonchev–Trinajstić information content (AvgIpc) is 2.58. The predicted octanol–water partition coefficient (Wildman–Crippen LogP) is 1.85. The van der Waals surface area contributed by atoms with Gasteiger partial charge in [0.25, 0.3) is 5.91 Å². The van der Waals surface area contributed by atoms with Gasteiger partial charge < -0.3 is 15.1 Å². The molecule has 0 saturated carbocycles. The van der Waals surface area contributed by atoms with E-state index < -0.39 is 17.6 Å². The minimum atomic E-state index is -4.48. The number of nitrogens with zero attached hydrogens (tertiary/aromatic N) is 2. The maximum atomic E-state index is 12.8. The number of halogens is 3. The van der Waals surface area contributed by atoms with E-state index in [0.717, 1.165) is 25.2 Å². The van der Waals surface area contributed by atoms with Crippen LogP contribution in [-0.2, 0) is 11.0 Å². The zero-order valence-corrected chi connectivity index (χ0v) is 14.6. The fourth-order valence-electron chi connectivity index (χ4n) is 3.30. The topological polar surface area (TPSA) is 52.7 Å². The van der Waals surface area contributed by atoms with Gasteiger partial charge in [-0.2, -0.15) is 13.2 Å². The van der Waals surface area contributed by atoms with Crippen LogP contribution >= 0.6 is 0 Å². The second-order valence-electron chi connectivity index (χ2n) is 6.90. The van der Waals surface area contributed by atoms with Gasteiger partial charge in [0.1, 0.15) is 0 Å². The van der Waals surface area contributed by atoms with Crippen molar-refractivity contribution in [3.05, 3.63) is 35.4 Å². The van der Waals surface area contributed by atoms with E-state index in [1.54, 1.807) is 4.90 Å². The molecule has 0 aliphatic carbocycles. The number of carbonyl (C=O) groups excluding carboxylic acids is 2. The fourth-order valence-corrected chi connectivity index (χ4v) is 3.30. The molecule has 26 heavy (non-hydrogen) atoms. The Labute approximate surface area is 150 Å². The first kappa shape index (κ1) is 18.7. The Kier molecular flexibility index (Phi) is 5.22. The van der Waals surface area contributed by atoms with Gasteiger partial charge in [-0.1, -0.05) is 13.0 Å². The van der Waals surface area contributed by atoms with Gasteiger partial charge in [-0.25, -0.2) is 0 Å². The smallest absolute Gasteiger partial charge is 0.339 e. The Balaban J connectivity index is 1.59. The monoisotopic (exact) mass is 369 g/mol. The van der Waals surface area contributed by atoms with Crippen molar-refractivity contribution in [2.45, 2.75) is 13.1 Å². The number of piperazine rings is 1. The number of rotatable bonds is 3. The summed E-state index contributed by atoms with van der Waals surface area (Å²) in [5, 5.41) is 3.15. The molecule has 2 heterocycles. The number of amides is 2. The normalized spacial score (nSPS) is 19.8. The molecule has 1 aromatic rings. The number of alkyl halides is 3. The molecule has 2 aliphatic heterocycles. The first-order valence-electron chi connectivity index (χ1n) is 8.73. The Morgan fingerprint density at radius 2 is 1.73 bits per heavy atom. The van der Waals surface area contributed by atoms with Crippen LogP contribution in [0, 0.1) is 11.8 Å². The largest absolute Gasteiger partial charge is 0.416 e. The first-order valence-corrected chi connectivity index (χ1v) is 8.73. The molecule has 2 aliphatic rings. The molecule has 0 radical (unpaired) electrons. The number of hydrogen-bond donors (Lipinski definition) is 1. The summed E-state index contributed by atoms with van der Waals surface area (Å²) in [4.78, 5) is 28.3. The van der Waals surface area contributed by atoms with Gasteiger partial charge in [0.2, 0.25) is 5.91 Å². The van der Waals surface area contributed by atoms with Crippen molar-refractivity contribution in [2.75, 3.05) is 39.3 Å². The summed E-state index contributed by atoms with van der Waals surface area (Å²) in [6.45, 7) is 5.10. The van der Waals surface area contributed by atoms with Gasteiger partial charge in [0.15, 0.2) is 0 Å². The van der Waals surface area contributed by atoms with E-state index >= 15 is 0 Å². The Bertz CT molecular complexity index is 681. The van der Waals surface area contributed by atoms with Gasteiger partial charge >= 0.3 is 6.18 Å². The molecule has 1 aromatic carbocycles. The molecule has 1 atom stereocenters. The maximum Gasteiger partial charge on any atom is 0.416 e. The molecule has 0 bridgehead atoms. The van der Waals surface area contributed by atoms with E-state index in [1.165, 1.54) is 17.0 Å². The summed E-state index contributed by atoms with van der Waals surface area (Å²) >= 11 is 0. The van der Waals surface area contributed by atoms with Crippen molar-refractivity contribution in [1.82, 2.24) is 15.1 Å². The van der Waals surface area contributed by atoms with Crippen LogP contribution < -0.4 is 5.32 Å². The van der Waals surface area contributed by atoms with Crippen LogP contribution in [0.5, 0.6) is 0 Å². The minimum absolute atomic E-state index is 0.0218. The second kappa shape index (κ2) is 7.26. The maximum absolute atomic E-state index is 12.8. The van der Waals surface area contributed by atoms with Gasteiger partial charge in [-0.05, 0) is 37.2 Å². The molecule has 0 spiro atoms. The van der Waals surface area contributed by atoms with Crippen molar-refractivity contribution in [3.8, 4) is 0 Å². The van der Waals surface area contributed by atoms with Crippen molar-refractivity contribution < 1.29 is 22.8 Å². The average molecular weight is 369 g/mol. The quantitative estimate of drug-likeness (QED) is 0.885. The van der Waals surface area contributed by atoms with E-state index in [9.17, 15) is 22.8 Å². The molecule has 0 aromatic heterocycles. The zero-order valence-electron chi connectivity index (χ0n) is 14.6.